The van der Waals surface area contributed by atoms with Gasteiger partial charge in [-0.25, -0.2) is 17.7 Å². The summed E-state index contributed by atoms with van der Waals surface area (Å²) < 4.78 is 26.3. The SMILES string of the molecule is CCCS(=O)(=O)N1CC[C@@H]2[C@@H](CCC(=O)N2CCc2cnc[nH]2)C1. The molecule has 2 atom stereocenters. The van der Waals surface area contributed by atoms with Crippen LogP contribution in [0.1, 0.15) is 38.3 Å². The predicted molar refractivity (Wildman–Crippen MR) is 90.8 cm³/mol. The monoisotopic (exact) mass is 354 g/mol. The highest BCUT2D eigenvalue weighted by molar-refractivity contribution is 7.89. The molecule has 2 aliphatic heterocycles. The number of fused-ring (bicyclic) bond motifs is 1. The summed E-state index contributed by atoms with van der Waals surface area (Å²) in [6, 6.07) is 0.169. The number of nitrogens with zero attached hydrogens (tertiary/aromatic N) is 3. The average molecular weight is 354 g/mol. The van der Waals surface area contributed by atoms with Gasteiger partial charge in [0.05, 0.1) is 12.1 Å². The zero-order valence-corrected chi connectivity index (χ0v) is 15.0. The molecule has 2 fully saturated rings. The van der Waals surface area contributed by atoms with Gasteiger partial charge in [-0.05, 0) is 25.2 Å². The molecule has 3 rings (SSSR count). The number of likely N-dealkylation sites (tertiary alicyclic amines) is 1. The minimum atomic E-state index is -3.15. The van der Waals surface area contributed by atoms with Gasteiger partial charge in [0.15, 0.2) is 0 Å². The summed E-state index contributed by atoms with van der Waals surface area (Å²) in [4.78, 5) is 21.4. The zero-order chi connectivity index (χ0) is 17.2. The van der Waals surface area contributed by atoms with E-state index >= 15 is 0 Å². The molecule has 0 aliphatic carbocycles. The minimum Gasteiger partial charge on any atom is -0.348 e. The topological polar surface area (TPSA) is 86.4 Å². The molecule has 1 aromatic heterocycles. The van der Waals surface area contributed by atoms with Crippen LogP contribution in [0.5, 0.6) is 0 Å². The van der Waals surface area contributed by atoms with Crippen molar-refractivity contribution in [1.82, 2.24) is 19.2 Å². The summed E-state index contributed by atoms with van der Waals surface area (Å²) in [5, 5.41) is 0. The van der Waals surface area contributed by atoms with Crippen LogP contribution in [0.25, 0.3) is 0 Å². The molecular weight excluding hydrogens is 328 g/mol. The summed E-state index contributed by atoms with van der Waals surface area (Å²) in [7, 11) is -3.15. The number of rotatable bonds is 6. The number of H-pyrrole nitrogens is 1. The first kappa shape index (κ1) is 17.4. The van der Waals surface area contributed by atoms with Crippen LogP contribution in [-0.4, -0.2) is 64.9 Å². The molecular formula is C16H26N4O3S. The number of hydrogen-bond donors (Lipinski definition) is 1. The number of sulfonamides is 1. The molecule has 1 aromatic rings. The Kier molecular flexibility index (Phi) is 5.24. The molecule has 134 valence electrons. The van der Waals surface area contributed by atoms with E-state index in [1.54, 1.807) is 16.8 Å². The molecule has 2 saturated heterocycles. The fourth-order valence-electron chi connectivity index (χ4n) is 3.91. The molecule has 2 aliphatic rings. The summed E-state index contributed by atoms with van der Waals surface area (Å²) in [6.45, 7) is 3.64. The van der Waals surface area contributed by atoms with Gasteiger partial charge in [-0.3, -0.25) is 4.79 Å². The number of carbonyl (C=O) groups excluding carboxylic acids is 1. The van der Waals surface area contributed by atoms with Crippen molar-refractivity contribution in [2.24, 2.45) is 5.92 Å². The van der Waals surface area contributed by atoms with Gasteiger partial charge in [0, 0.05) is 50.4 Å². The molecule has 0 spiro atoms. The van der Waals surface area contributed by atoms with E-state index in [0.29, 0.717) is 32.5 Å². The minimum absolute atomic E-state index is 0.169. The van der Waals surface area contributed by atoms with Crippen molar-refractivity contribution in [3.05, 3.63) is 18.2 Å². The fourth-order valence-corrected chi connectivity index (χ4v) is 5.49. The maximum Gasteiger partial charge on any atom is 0.222 e. The first-order valence-electron chi connectivity index (χ1n) is 8.76. The van der Waals surface area contributed by atoms with Crippen molar-refractivity contribution >= 4 is 15.9 Å². The van der Waals surface area contributed by atoms with Crippen LogP contribution in [-0.2, 0) is 21.2 Å². The number of piperidine rings is 2. The maximum absolute atomic E-state index is 12.4. The number of amides is 1. The van der Waals surface area contributed by atoms with Gasteiger partial charge in [0.1, 0.15) is 0 Å². The van der Waals surface area contributed by atoms with Gasteiger partial charge in [-0.1, -0.05) is 6.92 Å². The number of hydrogen-bond acceptors (Lipinski definition) is 4. The fraction of sp³-hybridized carbons (Fsp3) is 0.750. The van der Waals surface area contributed by atoms with E-state index in [1.165, 1.54) is 0 Å². The molecule has 1 amide bonds. The average Bonchev–Trinajstić information content (AvgIpc) is 3.07. The lowest BCUT2D eigenvalue weighted by Crippen LogP contribution is -2.57. The normalized spacial score (nSPS) is 25.7. The van der Waals surface area contributed by atoms with Crippen LogP contribution >= 0.6 is 0 Å². The van der Waals surface area contributed by atoms with Crippen LogP contribution in [0.2, 0.25) is 0 Å². The third kappa shape index (κ3) is 3.64. The second-order valence-corrected chi connectivity index (χ2v) is 8.83. The Morgan fingerprint density at radius 3 is 2.92 bits per heavy atom. The molecule has 1 N–H and O–H groups in total. The Hall–Kier alpha value is -1.41. The summed E-state index contributed by atoms with van der Waals surface area (Å²) in [5.41, 5.74) is 1.02. The zero-order valence-electron chi connectivity index (χ0n) is 14.1. The predicted octanol–water partition coefficient (Wildman–Crippen LogP) is 1.00. The van der Waals surface area contributed by atoms with Crippen LogP contribution in [0.3, 0.4) is 0 Å². The van der Waals surface area contributed by atoms with Gasteiger partial charge >= 0.3 is 0 Å². The summed E-state index contributed by atoms with van der Waals surface area (Å²) >= 11 is 0. The Labute approximate surface area is 143 Å². The molecule has 7 nitrogen and oxygen atoms in total. The van der Waals surface area contributed by atoms with E-state index in [4.69, 9.17) is 0 Å². The first-order valence-corrected chi connectivity index (χ1v) is 10.4. The quantitative estimate of drug-likeness (QED) is 0.826. The highest BCUT2D eigenvalue weighted by atomic mass is 32.2. The van der Waals surface area contributed by atoms with Crippen molar-refractivity contribution < 1.29 is 13.2 Å². The molecule has 24 heavy (non-hydrogen) atoms. The van der Waals surface area contributed by atoms with Crippen molar-refractivity contribution in [1.29, 1.82) is 0 Å². The Balaban J connectivity index is 1.65. The highest BCUT2D eigenvalue weighted by Crippen LogP contribution is 2.32. The summed E-state index contributed by atoms with van der Waals surface area (Å²) in [5.74, 6) is 0.665. The van der Waals surface area contributed by atoms with E-state index in [-0.39, 0.29) is 23.6 Å². The van der Waals surface area contributed by atoms with E-state index in [2.05, 4.69) is 9.97 Å². The smallest absolute Gasteiger partial charge is 0.222 e. The highest BCUT2D eigenvalue weighted by Gasteiger charge is 2.41. The number of nitrogens with one attached hydrogen (secondary N) is 1. The Morgan fingerprint density at radius 2 is 2.21 bits per heavy atom. The maximum atomic E-state index is 12.4. The largest absolute Gasteiger partial charge is 0.348 e. The van der Waals surface area contributed by atoms with Gasteiger partial charge < -0.3 is 9.88 Å². The van der Waals surface area contributed by atoms with E-state index in [9.17, 15) is 13.2 Å². The van der Waals surface area contributed by atoms with Gasteiger partial charge in [0.2, 0.25) is 15.9 Å². The molecule has 0 aromatic carbocycles. The third-order valence-corrected chi connectivity index (χ3v) is 7.18. The van der Waals surface area contributed by atoms with Gasteiger partial charge in [-0.15, -0.1) is 0 Å². The second kappa shape index (κ2) is 7.23. The second-order valence-electron chi connectivity index (χ2n) is 6.74. The van der Waals surface area contributed by atoms with E-state index in [1.807, 2.05) is 11.8 Å². The molecule has 0 bridgehead atoms. The van der Waals surface area contributed by atoms with Crippen molar-refractivity contribution in [3.63, 3.8) is 0 Å². The van der Waals surface area contributed by atoms with Crippen LogP contribution in [0.15, 0.2) is 12.5 Å². The molecule has 8 heteroatoms. The lowest BCUT2D eigenvalue weighted by Gasteiger charge is -2.46. The van der Waals surface area contributed by atoms with Crippen LogP contribution in [0, 0.1) is 5.92 Å². The number of imidazole rings is 1. The molecule has 3 heterocycles. The van der Waals surface area contributed by atoms with Crippen molar-refractivity contribution in [3.8, 4) is 0 Å². The lowest BCUT2D eigenvalue weighted by atomic mass is 9.84. The Bertz CT molecular complexity index is 659. The van der Waals surface area contributed by atoms with E-state index in [0.717, 1.165) is 25.0 Å². The van der Waals surface area contributed by atoms with E-state index < -0.39 is 10.0 Å². The molecule has 0 saturated carbocycles. The van der Waals surface area contributed by atoms with Gasteiger partial charge in [-0.2, -0.15) is 0 Å². The third-order valence-electron chi connectivity index (χ3n) is 5.14. The first-order chi connectivity index (χ1) is 11.5. The lowest BCUT2D eigenvalue weighted by molar-refractivity contribution is -0.140. The molecule has 0 unspecified atom stereocenters. The standard InChI is InChI=1S/C16H26N4O3S/c1-2-9-24(22,23)19-7-6-15-13(11-19)3-4-16(21)20(15)8-5-14-10-17-12-18-14/h10,12-13,15H,2-9,11H2,1H3,(H,17,18)/t13-,15+/m0/s1. The molecule has 0 radical (unpaired) electrons. The number of aromatic amines is 1. The van der Waals surface area contributed by atoms with Crippen molar-refractivity contribution in [2.45, 2.75) is 45.1 Å². The van der Waals surface area contributed by atoms with Gasteiger partial charge in [0.25, 0.3) is 0 Å². The Morgan fingerprint density at radius 1 is 1.38 bits per heavy atom. The van der Waals surface area contributed by atoms with Crippen molar-refractivity contribution in [2.75, 3.05) is 25.4 Å². The van der Waals surface area contributed by atoms with Crippen LogP contribution in [0.4, 0.5) is 0 Å². The number of carbonyl (C=O) groups is 1. The number of aromatic nitrogens is 2. The van der Waals surface area contributed by atoms with Crippen LogP contribution < -0.4 is 0 Å². The summed E-state index contributed by atoms with van der Waals surface area (Å²) in [6.07, 6.45) is 6.88.